The summed E-state index contributed by atoms with van der Waals surface area (Å²) in [6.45, 7) is 7.31. The summed E-state index contributed by atoms with van der Waals surface area (Å²) in [6, 6.07) is 4.57. The highest BCUT2D eigenvalue weighted by molar-refractivity contribution is 7.20. The maximum Gasteiger partial charge on any atom is 0.113 e. The standard InChI is InChI=1S/C24H34N4OS/c1-2-3-4-21-27-22-19(25)13-18-14-20(17-5-9-26-10-6-17)30-24(18)23(22)28(21)15-16-7-11-29-12-8-16/h13-14,16-17,26H,2-12,15,25H2,1H3. The first-order valence-corrected chi connectivity index (χ1v) is 12.6. The van der Waals surface area contributed by atoms with Gasteiger partial charge in [-0.15, -0.1) is 11.3 Å². The summed E-state index contributed by atoms with van der Waals surface area (Å²) in [5.41, 5.74) is 9.68. The van der Waals surface area contributed by atoms with Crippen LogP contribution in [0.25, 0.3) is 21.1 Å². The van der Waals surface area contributed by atoms with E-state index in [9.17, 15) is 0 Å². The van der Waals surface area contributed by atoms with Gasteiger partial charge in [-0.05, 0) is 74.5 Å². The molecule has 162 valence electrons. The molecule has 1 aromatic carbocycles. The van der Waals surface area contributed by atoms with Crippen molar-refractivity contribution >= 4 is 38.1 Å². The molecule has 0 bridgehead atoms. The van der Waals surface area contributed by atoms with Gasteiger partial charge in [0.1, 0.15) is 11.3 Å². The summed E-state index contributed by atoms with van der Waals surface area (Å²) in [7, 11) is 0. The predicted octanol–water partition coefficient (Wildman–Crippen LogP) is 5.07. The van der Waals surface area contributed by atoms with Gasteiger partial charge in [-0.3, -0.25) is 0 Å². The van der Waals surface area contributed by atoms with Crippen LogP contribution in [0.5, 0.6) is 0 Å². The average Bonchev–Trinajstić information content (AvgIpc) is 3.36. The number of ether oxygens (including phenoxy) is 1. The number of hydrogen-bond acceptors (Lipinski definition) is 5. The van der Waals surface area contributed by atoms with Crippen LogP contribution in [0.1, 0.15) is 62.1 Å². The van der Waals surface area contributed by atoms with E-state index in [1.807, 2.05) is 11.3 Å². The van der Waals surface area contributed by atoms with Crippen LogP contribution in [0.4, 0.5) is 5.69 Å². The Labute approximate surface area is 183 Å². The molecule has 0 amide bonds. The highest BCUT2D eigenvalue weighted by atomic mass is 32.1. The maximum atomic E-state index is 6.55. The first kappa shape index (κ1) is 20.3. The van der Waals surface area contributed by atoms with Gasteiger partial charge < -0.3 is 20.4 Å². The Morgan fingerprint density at radius 1 is 1.20 bits per heavy atom. The minimum Gasteiger partial charge on any atom is -0.397 e. The minimum absolute atomic E-state index is 0.664. The summed E-state index contributed by atoms with van der Waals surface area (Å²) in [6.07, 6.45) is 8.13. The van der Waals surface area contributed by atoms with Crippen molar-refractivity contribution in [3.05, 3.63) is 22.8 Å². The highest BCUT2D eigenvalue weighted by Gasteiger charge is 2.24. The molecule has 2 aromatic heterocycles. The Hall–Kier alpha value is -1.63. The monoisotopic (exact) mass is 426 g/mol. The van der Waals surface area contributed by atoms with Crippen LogP contribution < -0.4 is 11.1 Å². The second-order valence-corrected chi connectivity index (χ2v) is 10.1. The molecule has 6 heteroatoms. The summed E-state index contributed by atoms with van der Waals surface area (Å²) >= 11 is 1.99. The van der Waals surface area contributed by atoms with Crippen LogP contribution in [0.2, 0.25) is 0 Å². The number of aryl methyl sites for hydroxylation is 1. The zero-order chi connectivity index (χ0) is 20.5. The largest absolute Gasteiger partial charge is 0.397 e. The lowest BCUT2D eigenvalue weighted by Gasteiger charge is -2.23. The fourth-order valence-corrected chi connectivity index (χ4v) is 6.46. The predicted molar refractivity (Wildman–Crippen MR) is 127 cm³/mol. The first-order valence-electron chi connectivity index (χ1n) is 11.7. The summed E-state index contributed by atoms with van der Waals surface area (Å²) in [5, 5.41) is 4.79. The molecule has 0 spiro atoms. The van der Waals surface area contributed by atoms with Gasteiger partial charge in [0.2, 0.25) is 0 Å². The Bertz CT molecular complexity index is 1010. The van der Waals surface area contributed by atoms with E-state index in [1.165, 1.54) is 52.0 Å². The van der Waals surface area contributed by atoms with Crippen molar-refractivity contribution in [3.8, 4) is 0 Å². The molecule has 0 unspecified atom stereocenters. The van der Waals surface area contributed by atoms with Crippen LogP contribution in [-0.4, -0.2) is 35.9 Å². The number of imidazole rings is 1. The van der Waals surface area contributed by atoms with Crippen molar-refractivity contribution in [1.82, 2.24) is 14.9 Å². The van der Waals surface area contributed by atoms with E-state index in [4.69, 9.17) is 15.5 Å². The summed E-state index contributed by atoms with van der Waals surface area (Å²) < 4.78 is 9.53. The Morgan fingerprint density at radius 3 is 2.77 bits per heavy atom. The molecule has 2 fully saturated rings. The molecule has 30 heavy (non-hydrogen) atoms. The van der Waals surface area contributed by atoms with Crippen molar-refractivity contribution in [1.29, 1.82) is 0 Å². The number of nitrogen functional groups attached to an aromatic ring is 1. The fraction of sp³-hybridized carbons (Fsp3) is 0.625. The Kier molecular flexibility index (Phi) is 5.98. The van der Waals surface area contributed by atoms with Crippen LogP contribution in [-0.2, 0) is 17.7 Å². The molecule has 0 radical (unpaired) electrons. The number of nitrogens with zero attached hydrogens (tertiary/aromatic N) is 2. The summed E-state index contributed by atoms with van der Waals surface area (Å²) in [5.74, 6) is 2.55. The highest BCUT2D eigenvalue weighted by Crippen LogP contribution is 2.41. The van der Waals surface area contributed by atoms with Crippen LogP contribution >= 0.6 is 11.3 Å². The first-order chi connectivity index (χ1) is 14.7. The van der Waals surface area contributed by atoms with E-state index in [2.05, 4.69) is 28.9 Å². The molecule has 3 N–H and O–H groups in total. The van der Waals surface area contributed by atoms with Crippen molar-refractivity contribution in [3.63, 3.8) is 0 Å². The molecule has 2 saturated heterocycles. The minimum atomic E-state index is 0.664. The molecule has 0 saturated carbocycles. The van der Waals surface area contributed by atoms with Crippen molar-refractivity contribution in [2.45, 2.75) is 64.3 Å². The third kappa shape index (κ3) is 3.85. The number of nitrogens with one attached hydrogen (secondary N) is 1. The quantitative estimate of drug-likeness (QED) is 0.540. The lowest BCUT2D eigenvalue weighted by Crippen LogP contribution is -2.26. The molecule has 4 heterocycles. The molecule has 2 aliphatic heterocycles. The van der Waals surface area contributed by atoms with Crippen LogP contribution in [0, 0.1) is 5.92 Å². The molecule has 0 aliphatic carbocycles. The molecular formula is C24H34N4OS. The number of rotatable bonds is 6. The van der Waals surface area contributed by atoms with Gasteiger partial charge in [-0.2, -0.15) is 0 Å². The van der Waals surface area contributed by atoms with Gasteiger partial charge in [0.25, 0.3) is 0 Å². The zero-order valence-electron chi connectivity index (χ0n) is 18.1. The Balaban J connectivity index is 1.62. The van der Waals surface area contributed by atoms with E-state index < -0.39 is 0 Å². The van der Waals surface area contributed by atoms with Gasteiger partial charge >= 0.3 is 0 Å². The molecule has 5 rings (SSSR count). The molecule has 5 nitrogen and oxygen atoms in total. The van der Waals surface area contributed by atoms with E-state index in [1.54, 1.807) is 0 Å². The normalized spacial score (nSPS) is 19.2. The topological polar surface area (TPSA) is 65.1 Å². The summed E-state index contributed by atoms with van der Waals surface area (Å²) in [4.78, 5) is 6.61. The number of nitrogens with two attached hydrogens (primary N) is 1. The van der Waals surface area contributed by atoms with Gasteiger partial charge in [0.05, 0.1) is 15.9 Å². The lowest BCUT2D eigenvalue weighted by atomic mass is 9.96. The average molecular weight is 427 g/mol. The number of piperidine rings is 1. The lowest BCUT2D eigenvalue weighted by molar-refractivity contribution is 0.0613. The van der Waals surface area contributed by atoms with Crippen molar-refractivity contribution in [2.75, 3.05) is 32.0 Å². The van der Waals surface area contributed by atoms with Gasteiger partial charge in [0.15, 0.2) is 0 Å². The number of aromatic nitrogens is 2. The molecule has 0 atom stereocenters. The van der Waals surface area contributed by atoms with E-state index in [-0.39, 0.29) is 0 Å². The number of anilines is 1. The number of hydrogen-bond donors (Lipinski definition) is 2. The van der Waals surface area contributed by atoms with E-state index in [0.29, 0.717) is 11.8 Å². The molecular weight excluding hydrogens is 392 g/mol. The SMILES string of the molecule is CCCCc1nc2c(N)cc3cc(C4CCNCC4)sc3c2n1CC1CCOCC1. The second kappa shape index (κ2) is 8.85. The van der Waals surface area contributed by atoms with Crippen LogP contribution in [0.15, 0.2) is 12.1 Å². The maximum absolute atomic E-state index is 6.55. The smallest absolute Gasteiger partial charge is 0.113 e. The number of fused-ring (bicyclic) bond motifs is 3. The van der Waals surface area contributed by atoms with Crippen molar-refractivity contribution in [2.24, 2.45) is 5.92 Å². The Morgan fingerprint density at radius 2 is 2.00 bits per heavy atom. The number of unbranched alkanes of at least 4 members (excludes halogenated alkanes) is 1. The number of benzene rings is 1. The zero-order valence-corrected chi connectivity index (χ0v) is 18.9. The van der Waals surface area contributed by atoms with Crippen LogP contribution in [0.3, 0.4) is 0 Å². The van der Waals surface area contributed by atoms with Gasteiger partial charge in [-0.25, -0.2) is 4.98 Å². The molecule has 3 aromatic rings. The second-order valence-electron chi connectivity index (χ2n) is 9.05. The van der Waals surface area contributed by atoms with Crippen molar-refractivity contribution < 1.29 is 4.74 Å². The third-order valence-corrected chi connectivity index (χ3v) is 8.22. The third-order valence-electron chi connectivity index (χ3n) is 6.90. The fourth-order valence-electron chi connectivity index (χ4n) is 5.10. The van der Waals surface area contributed by atoms with Gasteiger partial charge in [-0.1, -0.05) is 13.3 Å². The van der Waals surface area contributed by atoms with Gasteiger partial charge in [0, 0.05) is 31.1 Å². The van der Waals surface area contributed by atoms with E-state index in [0.717, 1.165) is 63.3 Å². The number of thiophene rings is 1. The molecule has 2 aliphatic rings. The van der Waals surface area contributed by atoms with E-state index >= 15 is 0 Å².